The van der Waals surface area contributed by atoms with E-state index < -0.39 is 10.8 Å². The highest BCUT2D eigenvalue weighted by Crippen LogP contribution is 2.29. The lowest BCUT2D eigenvalue weighted by molar-refractivity contribution is -0.384. The van der Waals surface area contributed by atoms with Crippen molar-refractivity contribution in [3.05, 3.63) is 94.3 Å². The van der Waals surface area contributed by atoms with Crippen LogP contribution in [0.5, 0.6) is 0 Å². The lowest BCUT2D eigenvalue weighted by atomic mass is 10.2. The molecule has 0 saturated heterocycles. The summed E-state index contributed by atoms with van der Waals surface area (Å²) in [5.74, 6) is -0.492. The zero-order valence-electron chi connectivity index (χ0n) is 15.5. The molecule has 0 atom stereocenters. The molecule has 8 nitrogen and oxygen atoms in total. The molecule has 148 valence electrons. The van der Waals surface area contributed by atoms with Crippen molar-refractivity contribution in [2.45, 2.75) is 0 Å². The Balaban J connectivity index is 1.62. The first-order valence-corrected chi connectivity index (χ1v) is 9.76. The van der Waals surface area contributed by atoms with Gasteiger partial charge >= 0.3 is 5.69 Å². The minimum atomic E-state index is -0.592. The van der Waals surface area contributed by atoms with Gasteiger partial charge in [-0.1, -0.05) is 24.3 Å². The van der Waals surface area contributed by atoms with Crippen molar-refractivity contribution in [3.8, 4) is 16.3 Å². The molecule has 0 aliphatic carbocycles. The van der Waals surface area contributed by atoms with Crippen LogP contribution in [0.4, 0.5) is 11.4 Å². The number of carbonyl (C=O) groups excluding carboxylic acids is 1. The van der Waals surface area contributed by atoms with Crippen LogP contribution >= 0.6 is 11.3 Å². The van der Waals surface area contributed by atoms with Gasteiger partial charge in [0.1, 0.15) is 17.6 Å². The fourth-order valence-corrected chi connectivity index (χ4v) is 3.54. The predicted octanol–water partition coefficient (Wildman–Crippen LogP) is 4.56. The minimum absolute atomic E-state index is 0.0862. The van der Waals surface area contributed by atoms with Crippen LogP contribution in [0.1, 0.15) is 5.56 Å². The van der Waals surface area contributed by atoms with Crippen molar-refractivity contribution in [2.24, 2.45) is 0 Å². The fraction of sp³-hybridized carbons (Fsp3) is 0. The van der Waals surface area contributed by atoms with E-state index in [2.05, 4.69) is 15.4 Å². The smallest absolute Gasteiger partial charge is 0.310 e. The zero-order chi connectivity index (χ0) is 20.9. The number of benzene rings is 1. The Kier molecular flexibility index (Phi) is 5.44. The molecule has 0 bridgehead atoms. The van der Waals surface area contributed by atoms with Gasteiger partial charge in [-0.3, -0.25) is 19.9 Å². The average molecular weight is 417 g/mol. The number of hydrogen-bond donors (Lipinski definition) is 1. The number of rotatable bonds is 6. The molecule has 4 aromatic rings. The second-order valence-electron chi connectivity index (χ2n) is 6.16. The van der Waals surface area contributed by atoms with E-state index >= 15 is 0 Å². The summed E-state index contributed by atoms with van der Waals surface area (Å²) in [5.41, 5.74) is 2.21. The van der Waals surface area contributed by atoms with Gasteiger partial charge in [0.25, 0.3) is 0 Å². The molecular weight excluding hydrogens is 402 g/mol. The molecule has 4 rings (SSSR count). The molecule has 0 spiro atoms. The highest BCUT2D eigenvalue weighted by Gasteiger charge is 2.15. The van der Waals surface area contributed by atoms with Crippen LogP contribution < -0.4 is 5.32 Å². The molecule has 1 aromatic carbocycles. The van der Waals surface area contributed by atoms with Crippen molar-refractivity contribution in [3.63, 3.8) is 0 Å². The Labute approximate surface area is 175 Å². The Morgan fingerprint density at radius 3 is 2.73 bits per heavy atom. The number of anilines is 1. The largest absolute Gasteiger partial charge is 0.317 e. The van der Waals surface area contributed by atoms with Crippen molar-refractivity contribution in [1.29, 1.82) is 0 Å². The summed E-state index contributed by atoms with van der Waals surface area (Å²) in [7, 11) is 0. The van der Waals surface area contributed by atoms with E-state index in [1.807, 2.05) is 54.0 Å². The first-order chi connectivity index (χ1) is 14.6. The number of nitrogens with one attached hydrogen (secondary N) is 1. The second kappa shape index (κ2) is 8.50. The van der Waals surface area contributed by atoms with Gasteiger partial charge in [0.05, 0.1) is 15.5 Å². The topological polar surface area (TPSA) is 103 Å². The lowest BCUT2D eigenvalue weighted by Gasteiger charge is -2.02. The van der Waals surface area contributed by atoms with Gasteiger partial charge in [-0.15, -0.1) is 11.3 Å². The fourth-order valence-electron chi connectivity index (χ4n) is 2.80. The lowest BCUT2D eigenvalue weighted by Crippen LogP contribution is -2.09. The molecule has 3 aromatic heterocycles. The van der Waals surface area contributed by atoms with Crippen molar-refractivity contribution < 1.29 is 9.72 Å². The number of nitro groups is 1. The number of carbonyl (C=O) groups is 1. The second-order valence-corrected chi connectivity index (χ2v) is 7.11. The van der Waals surface area contributed by atoms with E-state index in [4.69, 9.17) is 0 Å². The predicted molar refractivity (Wildman–Crippen MR) is 115 cm³/mol. The molecule has 0 aliphatic rings. The van der Waals surface area contributed by atoms with Crippen LogP contribution in [-0.4, -0.2) is 25.6 Å². The third-order valence-corrected chi connectivity index (χ3v) is 5.06. The number of aromatic nitrogens is 3. The van der Waals surface area contributed by atoms with E-state index in [0.717, 1.165) is 28.0 Å². The SMILES string of the molecule is O=C(/C=C/c1cn(-c2ccccc2)nc1-c1cccs1)Nc1ccncc1[N+](=O)[O-]. The van der Waals surface area contributed by atoms with Crippen LogP contribution in [-0.2, 0) is 4.79 Å². The van der Waals surface area contributed by atoms with Gasteiger partial charge in [-0.05, 0) is 35.7 Å². The van der Waals surface area contributed by atoms with Crippen LogP contribution in [0, 0.1) is 10.1 Å². The van der Waals surface area contributed by atoms with Crippen molar-refractivity contribution in [1.82, 2.24) is 14.8 Å². The third kappa shape index (κ3) is 4.15. The van der Waals surface area contributed by atoms with Crippen molar-refractivity contribution in [2.75, 3.05) is 5.32 Å². The van der Waals surface area contributed by atoms with E-state index in [9.17, 15) is 14.9 Å². The summed E-state index contributed by atoms with van der Waals surface area (Å²) >= 11 is 1.55. The maximum absolute atomic E-state index is 12.4. The average Bonchev–Trinajstić information content (AvgIpc) is 3.43. The summed E-state index contributed by atoms with van der Waals surface area (Å²) < 4.78 is 1.75. The molecule has 0 saturated carbocycles. The van der Waals surface area contributed by atoms with E-state index in [0.29, 0.717) is 0 Å². The van der Waals surface area contributed by atoms with Gasteiger partial charge in [-0.25, -0.2) is 4.68 Å². The molecule has 0 aliphatic heterocycles. The van der Waals surface area contributed by atoms with Gasteiger partial charge in [0.15, 0.2) is 0 Å². The first-order valence-electron chi connectivity index (χ1n) is 8.88. The van der Waals surface area contributed by atoms with Crippen LogP contribution in [0.3, 0.4) is 0 Å². The molecule has 0 fully saturated rings. The summed E-state index contributed by atoms with van der Waals surface area (Å²) in [6, 6.07) is 14.9. The monoisotopic (exact) mass is 417 g/mol. The van der Waals surface area contributed by atoms with E-state index in [-0.39, 0.29) is 11.4 Å². The summed E-state index contributed by atoms with van der Waals surface area (Å²) in [4.78, 5) is 27.5. The number of amides is 1. The van der Waals surface area contributed by atoms with Crippen LogP contribution in [0.25, 0.3) is 22.3 Å². The van der Waals surface area contributed by atoms with Crippen LogP contribution in [0.2, 0.25) is 0 Å². The molecule has 3 heterocycles. The molecule has 1 amide bonds. The summed E-state index contributed by atoms with van der Waals surface area (Å²) in [6.45, 7) is 0. The molecule has 9 heteroatoms. The number of hydrogen-bond acceptors (Lipinski definition) is 6. The number of para-hydroxylation sites is 1. The maximum atomic E-state index is 12.4. The van der Waals surface area contributed by atoms with Gasteiger partial charge in [0, 0.05) is 24.0 Å². The Morgan fingerprint density at radius 1 is 1.17 bits per heavy atom. The van der Waals surface area contributed by atoms with Crippen LogP contribution in [0.15, 0.2) is 78.6 Å². The van der Waals surface area contributed by atoms with Gasteiger partial charge in [-0.2, -0.15) is 5.10 Å². The Bertz CT molecular complexity index is 1220. The first kappa shape index (κ1) is 19.2. The zero-order valence-corrected chi connectivity index (χ0v) is 16.3. The van der Waals surface area contributed by atoms with Gasteiger partial charge < -0.3 is 5.32 Å². The summed E-state index contributed by atoms with van der Waals surface area (Å²) in [5, 5.41) is 20.2. The highest BCUT2D eigenvalue weighted by molar-refractivity contribution is 7.13. The molecule has 0 unspecified atom stereocenters. The standard InChI is InChI=1S/C21H15N5O3S/c27-20(23-17-10-11-22-13-18(17)26(28)29)9-8-15-14-25(16-5-2-1-3-6-16)24-21(15)19-7-4-12-30-19/h1-14H,(H,22,23,27)/b9-8+. The quantitative estimate of drug-likeness (QED) is 0.281. The molecule has 1 N–H and O–H groups in total. The minimum Gasteiger partial charge on any atom is -0.317 e. The molecular formula is C21H15N5O3S. The normalized spacial score (nSPS) is 10.9. The third-order valence-electron chi connectivity index (χ3n) is 4.19. The van der Waals surface area contributed by atoms with E-state index in [1.165, 1.54) is 18.3 Å². The molecule has 30 heavy (non-hydrogen) atoms. The molecule has 0 radical (unpaired) electrons. The maximum Gasteiger partial charge on any atom is 0.310 e. The number of nitrogens with zero attached hydrogens (tertiary/aromatic N) is 4. The number of thiophene rings is 1. The highest BCUT2D eigenvalue weighted by atomic mass is 32.1. The van der Waals surface area contributed by atoms with Crippen molar-refractivity contribution >= 4 is 34.7 Å². The van der Waals surface area contributed by atoms with Gasteiger partial charge in [0.2, 0.25) is 5.91 Å². The van der Waals surface area contributed by atoms with E-state index in [1.54, 1.807) is 22.1 Å². The Hall–Kier alpha value is -4.11. The summed E-state index contributed by atoms with van der Waals surface area (Å²) in [6.07, 6.45) is 7.28. The number of pyridine rings is 1. The Morgan fingerprint density at radius 2 is 2.00 bits per heavy atom.